The summed E-state index contributed by atoms with van der Waals surface area (Å²) in [6.07, 6.45) is 1.07. The molecule has 2 aromatic heterocycles. The van der Waals surface area contributed by atoms with E-state index in [1.54, 1.807) is 11.3 Å². The lowest BCUT2D eigenvalue weighted by atomic mass is 10.0. The summed E-state index contributed by atoms with van der Waals surface area (Å²) in [6, 6.07) is 4.26. The molecule has 96 valence electrons. The molecule has 18 heavy (non-hydrogen) atoms. The van der Waals surface area contributed by atoms with Gasteiger partial charge in [0.2, 0.25) is 0 Å². The SMILES string of the molecule is CC(C)(C)n1nc(-c2cccs2)c2c1CCNC2. The van der Waals surface area contributed by atoms with Crippen LogP contribution < -0.4 is 5.32 Å². The normalized spacial score (nSPS) is 15.7. The third-order valence-electron chi connectivity index (χ3n) is 3.32. The molecular formula is C14H19N3S. The number of nitrogens with zero attached hydrogens (tertiary/aromatic N) is 2. The van der Waals surface area contributed by atoms with E-state index in [1.165, 1.54) is 21.8 Å². The predicted molar refractivity (Wildman–Crippen MR) is 75.9 cm³/mol. The van der Waals surface area contributed by atoms with Crippen LogP contribution >= 0.6 is 11.3 Å². The molecule has 0 unspecified atom stereocenters. The first-order valence-corrected chi connectivity index (χ1v) is 7.31. The molecule has 1 aliphatic heterocycles. The third-order valence-corrected chi connectivity index (χ3v) is 4.20. The number of hydrogen-bond acceptors (Lipinski definition) is 3. The average Bonchev–Trinajstić information content (AvgIpc) is 2.94. The molecule has 0 aromatic carbocycles. The molecule has 0 amide bonds. The van der Waals surface area contributed by atoms with E-state index >= 15 is 0 Å². The summed E-state index contributed by atoms with van der Waals surface area (Å²) in [5.74, 6) is 0. The second-order valence-electron chi connectivity index (χ2n) is 5.76. The van der Waals surface area contributed by atoms with Gasteiger partial charge in [-0.15, -0.1) is 11.3 Å². The molecule has 0 fully saturated rings. The van der Waals surface area contributed by atoms with Gasteiger partial charge in [0, 0.05) is 30.8 Å². The summed E-state index contributed by atoms with van der Waals surface area (Å²) in [5, 5.41) is 10.5. The van der Waals surface area contributed by atoms with Crippen molar-refractivity contribution in [2.45, 2.75) is 39.3 Å². The van der Waals surface area contributed by atoms with Crippen molar-refractivity contribution < 1.29 is 0 Å². The van der Waals surface area contributed by atoms with Gasteiger partial charge in [0.05, 0.1) is 10.4 Å². The minimum absolute atomic E-state index is 0.0525. The van der Waals surface area contributed by atoms with Gasteiger partial charge in [-0.25, -0.2) is 0 Å². The van der Waals surface area contributed by atoms with Gasteiger partial charge >= 0.3 is 0 Å². The highest BCUT2D eigenvalue weighted by Gasteiger charge is 2.27. The number of rotatable bonds is 1. The molecule has 0 saturated carbocycles. The maximum Gasteiger partial charge on any atom is 0.107 e. The van der Waals surface area contributed by atoms with E-state index in [9.17, 15) is 0 Å². The topological polar surface area (TPSA) is 29.9 Å². The van der Waals surface area contributed by atoms with E-state index in [-0.39, 0.29) is 5.54 Å². The summed E-state index contributed by atoms with van der Waals surface area (Å²) in [4.78, 5) is 1.28. The second kappa shape index (κ2) is 4.21. The summed E-state index contributed by atoms with van der Waals surface area (Å²) in [7, 11) is 0. The van der Waals surface area contributed by atoms with Crippen LogP contribution in [0.5, 0.6) is 0 Å². The van der Waals surface area contributed by atoms with Gasteiger partial charge < -0.3 is 5.32 Å². The zero-order valence-electron chi connectivity index (χ0n) is 11.2. The Balaban J connectivity index is 2.19. The first kappa shape index (κ1) is 11.9. The molecular weight excluding hydrogens is 242 g/mol. The van der Waals surface area contributed by atoms with Crippen molar-refractivity contribution in [3.05, 3.63) is 28.8 Å². The molecule has 0 spiro atoms. The highest BCUT2D eigenvalue weighted by molar-refractivity contribution is 7.13. The van der Waals surface area contributed by atoms with E-state index in [1.807, 2.05) is 0 Å². The van der Waals surface area contributed by atoms with Crippen molar-refractivity contribution in [3.63, 3.8) is 0 Å². The molecule has 0 radical (unpaired) electrons. The van der Waals surface area contributed by atoms with Crippen molar-refractivity contribution >= 4 is 11.3 Å². The van der Waals surface area contributed by atoms with Crippen LogP contribution in [0.2, 0.25) is 0 Å². The summed E-state index contributed by atoms with van der Waals surface area (Å²) in [5.41, 5.74) is 4.02. The van der Waals surface area contributed by atoms with Gasteiger partial charge in [-0.3, -0.25) is 4.68 Å². The Hall–Kier alpha value is -1.13. The van der Waals surface area contributed by atoms with E-state index in [0.717, 1.165) is 19.5 Å². The molecule has 2 aromatic rings. The molecule has 1 N–H and O–H groups in total. The minimum atomic E-state index is 0.0525. The Morgan fingerprint density at radius 2 is 2.22 bits per heavy atom. The highest BCUT2D eigenvalue weighted by Crippen LogP contribution is 2.33. The fourth-order valence-electron chi connectivity index (χ4n) is 2.51. The van der Waals surface area contributed by atoms with E-state index in [2.05, 4.69) is 48.3 Å². The van der Waals surface area contributed by atoms with Crippen molar-refractivity contribution in [1.82, 2.24) is 15.1 Å². The molecule has 4 heteroatoms. The quantitative estimate of drug-likeness (QED) is 0.855. The Morgan fingerprint density at radius 3 is 2.89 bits per heavy atom. The largest absolute Gasteiger partial charge is 0.312 e. The average molecular weight is 261 g/mol. The van der Waals surface area contributed by atoms with Crippen LogP contribution in [0.25, 0.3) is 10.6 Å². The zero-order valence-corrected chi connectivity index (χ0v) is 12.0. The molecule has 0 atom stereocenters. The van der Waals surface area contributed by atoms with Crippen LogP contribution in [0.3, 0.4) is 0 Å². The number of fused-ring (bicyclic) bond motifs is 1. The first-order chi connectivity index (χ1) is 8.57. The third kappa shape index (κ3) is 1.89. The van der Waals surface area contributed by atoms with Crippen molar-refractivity contribution in [2.24, 2.45) is 0 Å². The highest BCUT2D eigenvalue weighted by atomic mass is 32.1. The van der Waals surface area contributed by atoms with Crippen molar-refractivity contribution in [2.75, 3.05) is 6.54 Å². The lowest BCUT2D eigenvalue weighted by Gasteiger charge is -2.24. The molecule has 3 heterocycles. The van der Waals surface area contributed by atoms with Crippen molar-refractivity contribution in [3.8, 4) is 10.6 Å². The monoisotopic (exact) mass is 261 g/mol. The van der Waals surface area contributed by atoms with Gasteiger partial charge in [0.15, 0.2) is 0 Å². The van der Waals surface area contributed by atoms with Crippen LogP contribution in [0.15, 0.2) is 17.5 Å². The van der Waals surface area contributed by atoms with Gasteiger partial charge in [-0.05, 0) is 32.2 Å². The van der Waals surface area contributed by atoms with E-state index in [0.29, 0.717) is 0 Å². The number of aromatic nitrogens is 2. The summed E-state index contributed by atoms with van der Waals surface area (Å²) in [6.45, 7) is 8.67. The van der Waals surface area contributed by atoms with E-state index in [4.69, 9.17) is 5.10 Å². The van der Waals surface area contributed by atoms with Crippen LogP contribution in [-0.4, -0.2) is 16.3 Å². The van der Waals surface area contributed by atoms with Gasteiger partial charge in [0.1, 0.15) is 5.69 Å². The first-order valence-electron chi connectivity index (χ1n) is 6.43. The van der Waals surface area contributed by atoms with Gasteiger partial charge in [-0.2, -0.15) is 5.10 Å². The maximum absolute atomic E-state index is 4.89. The molecule has 0 bridgehead atoms. The van der Waals surface area contributed by atoms with Gasteiger partial charge in [-0.1, -0.05) is 6.07 Å². The molecule has 3 nitrogen and oxygen atoms in total. The fraction of sp³-hybridized carbons (Fsp3) is 0.500. The van der Waals surface area contributed by atoms with Crippen LogP contribution in [0.1, 0.15) is 32.0 Å². The number of hydrogen-bond donors (Lipinski definition) is 1. The Labute approximate surface area is 112 Å². The van der Waals surface area contributed by atoms with Gasteiger partial charge in [0.25, 0.3) is 0 Å². The van der Waals surface area contributed by atoms with Crippen molar-refractivity contribution in [1.29, 1.82) is 0 Å². The maximum atomic E-state index is 4.89. The number of nitrogens with one attached hydrogen (secondary N) is 1. The number of thiophene rings is 1. The Kier molecular flexibility index (Phi) is 2.79. The molecule has 1 aliphatic rings. The Morgan fingerprint density at radius 1 is 1.39 bits per heavy atom. The fourth-order valence-corrected chi connectivity index (χ4v) is 3.25. The standard InChI is InChI=1S/C14H19N3S/c1-14(2,3)17-11-6-7-15-9-10(11)13(16-17)12-5-4-8-18-12/h4-5,8,15H,6-7,9H2,1-3H3. The zero-order chi connectivity index (χ0) is 12.8. The lowest BCUT2D eigenvalue weighted by molar-refractivity contribution is 0.340. The lowest BCUT2D eigenvalue weighted by Crippen LogP contribution is -2.30. The van der Waals surface area contributed by atoms with Crippen LogP contribution in [0.4, 0.5) is 0 Å². The van der Waals surface area contributed by atoms with Crippen LogP contribution in [-0.2, 0) is 18.5 Å². The predicted octanol–water partition coefficient (Wildman–Crippen LogP) is 3.01. The minimum Gasteiger partial charge on any atom is -0.312 e. The molecule has 3 rings (SSSR count). The molecule has 0 saturated heterocycles. The van der Waals surface area contributed by atoms with E-state index < -0.39 is 0 Å². The summed E-state index contributed by atoms with van der Waals surface area (Å²) >= 11 is 1.77. The smallest absolute Gasteiger partial charge is 0.107 e. The second-order valence-corrected chi connectivity index (χ2v) is 6.71. The van der Waals surface area contributed by atoms with Crippen LogP contribution in [0, 0.1) is 0 Å². The molecule has 0 aliphatic carbocycles. The summed E-state index contributed by atoms with van der Waals surface area (Å²) < 4.78 is 2.22. The Bertz CT molecular complexity index is 546.